The smallest absolute Gasteiger partial charge is 0.253 e. The molecule has 2 aromatic rings. The highest BCUT2D eigenvalue weighted by Gasteiger charge is 2.42. The predicted octanol–water partition coefficient (Wildman–Crippen LogP) is 3.05. The van der Waals surface area contributed by atoms with Crippen molar-refractivity contribution < 1.29 is 4.79 Å². The molecule has 29 heavy (non-hydrogen) atoms. The van der Waals surface area contributed by atoms with Crippen LogP contribution in [0.3, 0.4) is 0 Å². The molecule has 2 saturated heterocycles. The number of nitrogens with zero attached hydrogens (tertiary/aromatic N) is 5. The summed E-state index contributed by atoms with van der Waals surface area (Å²) in [6.07, 6.45) is 0. The van der Waals surface area contributed by atoms with E-state index in [1.54, 1.807) is 0 Å². The minimum Gasteiger partial charge on any atom is -0.378 e. The maximum absolute atomic E-state index is 13.0. The van der Waals surface area contributed by atoms with E-state index >= 15 is 0 Å². The van der Waals surface area contributed by atoms with Crippen LogP contribution in [0.2, 0.25) is 0 Å². The summed E-state index contributed by atoms with van der Waals surface area (Å²) in [5.41, 5.74) is 2.85. The van der Waals surface area contributed by atoms with Crippen LogP contribution in [0.15, 0.2) is 36.4 Å². The molecule has 0 spiro atoms. The fourth-order valence-electron chi connectivity index (χ4n) is 4.34. The zero-order chi connectivity index (χ0) is 20.8. The van der Waals surface area contributed by atoms with Gasteiger partial charge >= 0.3 is 0 Å². The van der Waals surface area contributed by atoms with Crippen LogP contribution in [0, 0.1) is 11.8 Å². The highest BCUT2D eigenvalue weighted by atomic mass is 16.2. The van der Waals surface area contributed by atoms with Crippen molar-refractivity contribution in [3.63, 3.8) is 0 Å². The van der Waals surface area contributed by atoms with Crippen molar-refractivity contribution in [2.45, 2.75) is 26.2 Å². The number of aromatic nitrogens is 2. The van der Waals surface area contributed by atoms with Gasteiger partial charge in [-0.05, 0) is 30.3 Å². The Morgan fingerprint density at radius 3 is 2.24 bits per heavy atom. The second kappa shape index (κ2) is 7.32. The van der Waals surface area contributed by atoms with Gasteiger partial charge in [-0.2, -0.15) is 5.10 Å². The van der Waals surface area contributed by atoms with Gasteiger partial charge in [0.1, 0.15) is 0 Å². The fraction of sp³-hybridized carbons (Fsp3) is 0.522. The lowest BCUT2D eigenvalue weighted by atomic mass is 9.92. The SMILES string of the molecule is CN(C)c1cccc(C(=O)N2CC3CN(c4ccc(C(C)(C)C)nn4)CC3C2)c1. The Morgan fingerprint density at radius 2 is 1.69 bits per heavy atom. The molecule has 0 radical (unpaired) electrons. The first-order valence-electron chi connectivity index (χ1n) is 10.4. The molecule has 0 bridgehead atoms. The molecule has 3 heterocycles. The van der Waals surface area contributed by atoms with Crippen molar-refractivity contribution in [3.05, 3.63) is 47.7 Å². The third-order valence-corrected chi connectivity index (χ3v) is 6.13. The number of amides is 1. The second-order valence-corrected chi connectivity index (χ2v) is 9.61. The number of hydrogen-bond acceptors (Lipinski definition) is 5. The van der Waals surface area contributed by atoms with Crippen molar-refractivity contribution in [3.8, 4) is 0 Å². The Balaban J connectivity index is 1.40. The molecule has 6 nitrogen and oxygen atoms in total. The minimum atomic E-state index is 0.0117. The first-order valence-corrected chi connectivity index (χ1v) is 10.4. The van der Waals surface area contributed by atoms with Gasteiger partial charge in [-0.25, -0.2) is 0 Å². The quantitative estimate of drug-likeness (QED) is 0.802. The third-order valence-electron chi connectivity index (χ3n) is 6.13. The predicted molar refractivity (Wildman–Crippen MR) is 117 cm³/mol. The Bertz CT molecular complexity index is 873. The Morgan fingerprint density at radius 1 is 1.00 bits per heavy atom. The van der Waals surface area contributed by atoms with Crippen LogP contribution in [-0.2, 0) is 5.41 Å². The Labute approximate surface area is 173 Å². The maximum Gasteiger partial charge on any atom is 0.253 e. The minimum absolute atomic E-state index is 0.0117. The standard InChI is InChI=1S/C23H31N5O/c1-23(2,3)20-9-10-21(25-24-20)27-12-17-14-28(15-18(17)13-27)22(29)16-7-6-8-19(11-16)26(4)5/h6-11,17-18H,12-15H2,1-5H3. The van der Waals surface area contributed by atoms with Crippen LogP contribution in [0.1, 0.15) is 36.8 Å². The van der Waals surface area contributed by atoms with E-state index in [4.69, 9.17) is 0 Å². The van der Waals surface area contributed by atoms with Gasteiger partial charge in [0.2, 0.25) is 0 Å². The van der Waals surface area contributed by atoms with Gasteiger partial charge in [-0.3, -0.25) is 4.79 Å². The molecule has 154 valence electrons. The Kier molecular flexibility index (Phi) is 4.97. The van der Waals surface area contributed by atoms with Crippen molar-refractivity contribution in [1.29, 1.82) is 0 Å². The number of anilines is 2. The van der Waals surface area contributed by atoms with Crippen LogP contribution < -0.4 is 9.80 Å². The van der Waals surface area contributed by atoms with E-state index in [-0.39, 0.29) is 11.3 Å². The molecule has 2 atom stereocenters. The molecule has 2 aliphatic rings. The second-order valence-electron chi connectivity index (χ2n) is 9.61. The molecule has 0 N–H and O–H groups in total. The van der Waals surface area contributed by atoms with Crippen LogP contribution in [0.25, 0.3) is 0 Å². The first kappa shape index (κ1) is 19.7. The zero-order valence-corrected chi connectivity index (χ0v) is 18.1. The van der Waals surface area contributed by atoms with Gasteiger partial charge in [0.05, 0.1) is 5.69 Å². The molecule has 2 aliphatic heterocycles. The molecular formula is C23H31N5O. The van der Waals surface area contributed by atoms with Crippen molar-refractivity contribution in [2.75, 3.05) is 50.1 Å². The third kappa shape index (κ3) is 3.93. The van der Waals surface area contributed by atoms with E-state index in [1.807, 2.05) is 48.2 Å². The van der Waals surface area contributed by atoms with Crippen LogP contribution in [0.5, 0.6) is 0 Å². The molecule has 2 unspecified atom stereocenters. The van der Waals surface area contributed by atoms with Crippen LogP contribution in [0.4, 0.5) is 11.5 Å². The van der Waals surface area contributed by atoms with E-state index in [0.29, 0.717) is 11.8 Å². The highest BCUT2D eigenvalue weighted by molar-refractivity contribution is 5.95. The summed E-state index contributed by atoms with van der Waals surface area (Å²) in [5, 5.41) is 8.91. The summed E-state index contributed by atoms with van der Waals surface area (Å²) >= 11 is 0. The lowest BCUT2D eigenvalue weighted by Crippen LogP contribution is -2.33. The number of fused-ring (bicyclic) bond motifs is 1. The highest BCUT2D eigenvalue weighted by Crippen LogP contribution is 2.34. The molecule has 4 rings (SSSR count). The van der Waals surface area contributed by atoms with E-state index in [0.717, 1.165) is 48.9 Å². The summed E-state index contributed by atoms with van der Waals surface area (Å²) in [6, 6.07) is 12.1. The number of hydrogen-bond donors (Lipinski definition) is 0. The number of rotatable bonds is 3. The van der Waals surface area contributed by atoms with E-state index in [2.05, 4.69) is 48.0 Å². The van der Waals surface area contributed by atoms with Gasteiger partial charge < -0.3 is 14.7 Å². The zero-order valence-electron chi connectivity index (χ0n) is 18.1. The van der Waals surface area contributed by atoms with Crippen molar-refractivity contribution >= 4 is 17.4 Å². The van der Waals surface area contributed by atoms with E-state index in [1.165, 1.54) is 0 Å². The number of carbonyl (C=O) groups is 1. The summed E-state index contributed by atoms with van der Waals surface area (Å²) in [4.78, 5) is 19.4. The molecule has 2 fully saturated rings. The average molecular weight is 394 g/mol. The van der Waals surface area contributed by atoms with E-state index in [9.17, 15) is 4.79 Å². The summed E-state index contributed by atoms with van der Waals surface area (Å²) in [5.74, 6) is 2.09. The molecule has 1 aromatic heterocycles. The molecule has 6 heteroatoms. The molecule has 1 amide bonds. The fourth-order valence-corrected chi connectivity index (χ4v) is 4.34. The summed E-state index contributed by atoms with van der Waals surface area (Å²) in [6.45, 7) is 9.97. The van der Waals surface area contributed by atoms with Gasteiger partial charge in [0, 0.05) is 68.8 Å². The maximum atomic E-state index is 13.0. The molecule has 0 saturated carbocycles. The molecular weight excluding hydrogens is 362 g/mol. The number of benzene rings is 1. The normalized spacial score (nSPS) is 21.4. The van der Waals surface area contributed by atoms with Crippen molar-refractivity contribution in [2.24, 2.45) is 11.8 Å². The number of likely N-dealkylation sites (tertiary alicyclic amines) is 1. The van der Waals surface area contributed by atoms with Gasteiger partial charge in [0.25, 0.3) is 5.91 Å². The van der Waals surface area contributed by atoms with Crippen LogP contribution >= 0.6 is 0 Å². The van der Waals surface area contributed by atoms with Gasteiger partial charge in [-0.1, -0.05) is 26.8 Å². The van der Waals surface area contributed by atoms with E-state index < -0.39 is 0 Å². The average Bonchev–Trinajstić information content (AvgIpc) is 3.26. The lowest BCUT2D eigenvalue weighted by molar-refractivity contribution is 0.0782. The number of carbonyl (C=O) groups excluding carboxylic acids is 1. The topological polar surface area (TPSA) is 52.6 Å². The monoisotopic (exact) mass is 393 g/mol. The van der Waals surface area contributed by atoms with Gasteiger partial charge in [-0.15, -0.1) is 5.10 Å². The molecule has 0 aliphatic carbocycles. The van der Waals surface area contributed by atoms with Crippen molar-refractivity contribution in [1.82, 2.24) is 15.1 Å². The summed E-state index contributed by atoms with van der Waals surface area (Å²) in [7, 11) is 3.99. The van der Waals surface area contributed by atoms with Crippen LogP contribution in [-0.4, -0.2) is 61.3 Å². The van der Waals surface area contributed by atoms with Gasteiger partial charge in [0.15, 0.2) is 5.82 Å². The lowest BCUT2D eigenvalue weighted by Gasteiger charge is -2.23. The first-order chi connectivity index (χ1) is 13.7. The molecule has 1 aromatic carbocycles. The largest absolute Gasteiger partial charge is 0.378 e. The Hall–Kier alpha value is -2.63. The summed E-state index contributed by atoms with van der Waals surface area (Å²) < 4.78 is 0.